The Labute approximate surface area is 111 Å². The van der Waals surface area contributed by atoms with Crippen LogP contribution in [0.2, 0.25) is 0 Å². The van der Waals surface area contributed by atoms with Crippen LogP contribution in [0.4, 0.5) is 5.69 Å². The van der Waals surface area contributed by atoms with Gasteiger partial charge in [0.15, 0.2) is 0 Å². The predicted molar refractivity (Wildman–Crippen MR) is 74.2 cm³/mol. The standard InChI is InChI=1S/C12H14N2O2S2/c1-9(13)10-5-2-3-6-11(10)14-18(15,16)12-7-4-8-17-12/h2-9,14H,13H2,1H3. The Morgan fingerprint density at radius 3 is 2.56 bits per heavy atom. The molecule has 0 amide bonds. The van der Waals surface area contributed by atoms with Gasteiger partial charge in [0.05, 0.1) is 5.69 Å². The molecule has 0 aliphatic carbocycles. The normalized spacial score (nSPS) is 13.2. The summed E-state index contributed by atoms with van der Waals surface area (Å²) in [6.45, 7) is 1.82. The van der Waals surface area contributed by atoms with Gasteiger partial charge in [-0.05, 0) is 30.0 Å². The minimum atomic E-state index is -3.51. The molecule has 1 aromatic heterocycles. The van der Waals surface area contributed by atoms with Crippen molar-refractivity contribution in [2.24, 2.45) is 5.73 Å². The zero-order valence-electron chi connectivity index (χ0n) is 9.83. The molecule has 1 atom stereocenters. The van der Waals surface area contributed by atoms with Crippen molar-refractivity contribution in [3.8, 4) is 0 Å². The number of anilines is 1. The molecule has 0 aliphatic heterocycles. The fourth-order valence-corrected chi connectivity index (χ4v) is 3.68. The van der Waals surface area contributed by atoms with Crippen LogP contribution in [0, 0.1) is 0 Å². The maximum absolute atomic E-state index is 12.1. The highest BCUT2D eigenvalue weighted by Crippen LogP contribution is 2.25. The molecular formula is C12H14N2O2S2. The largest absolute Gasteiger partial charge is 0.324 e. The first-order valence-electron chi connectivity index (χ1n) is 5.41. The third kappa shape index (κ3) is 2.72. The topological polar surface area (TPSA) is 72.2 Å². The molecule has 6 heteroatoms. The Hall–Kier alpha value is -1.37. The van der Waals surface area contributed by atoms with E-state index in [1.807, 2.05) is 19.1 Å². The lowest BCUT2D eigenvalue weighted by Crippen LogP contribution is -2.15. The van der Waals surface area contributed by atoms with Gasteiger partial charge in [0.25, 0.3) is 10.0 Å². The van der Waals surface area contributed by atoms with Gasteiger partial charge in [0.1, 0.15) is 4.21 Å². The number of nitrogens with one attached hydrogen (secondary N) is 1. The van der Waals surface area contributed by atoms with Gasteiger partial charge < -0.3 is 5.73 Å². The second-order valence-electron chi connectivity index (χ2n) is 3.91. The Morgan fingerprint density at radius 2 is 1.94 bits per heavy atom. The molecule has 2 rings (SSSR count). The van der Waals surface area contributed by atoms with Crippen LogP contribution in [0.25, 0.3) is 0 Å². The summed E-state index contributed by atoms with van der Waals surface area (Å²) in [5.41, 5.74) is 7.12. The number of rotatable bonds is 4. The van der Waals surface area contributed by atoms with Crippen LogP contribution in [0.5, 0.6) is 0 Å². The number of benzene rings is 1. The summed E-state index contributed by atoms with van der Waals surface area (Å²) in [7, 11) is -3.51. The molecule has 18 heavy (non-hydrogen) atoms. The van der Waals surface area contributed by atoms with Gasteiger partial charge >= 0.3 is 0 Å². The second-order valence-corrected chi connectivity index (χ2v) is 6.77. The lowest BCUT2D eigenvalue weighted by molar-refractivity contribution is 0.603. The molecule has 3 N–H and O–H groups in total. The number of hydrogen-bond acceptors (Lipinski definition) is 4. The maximum atomic E-state index is 12.1. The Balaban J connectivity index is 2.36. The van der Waals surface area contributed by atoms with Crippen molar-refractivity contribution in [3.05, 3.63) is 47.3 Å². The molecule has 0 aliphatic rings. The van der Waals surface area contributed by atoms with Crippen LogP contribution >= 0.6 is 11.3 Å². The van der Waals surface area contributed by atoms with Crippen molar-refractivity contribution in [1.29, 1.82) is 0 Å². The van der Waals surface area contributed by atoms with Gasteiger partial charge in [0.2, 0.25) is 0 Å². The number of hydrogen-bond donors (Lipinski definition) is 2. The van der Waals surface area contributed by atoms with Crippen molar-refractivity contribution >= 4 is 27.0 Å². The van der Waals surface area contributed by atoms with Gasteiger partial charge in [-0.2, -0.15) is 0 Å². The van der Waals surface area contributed by atoms with Crippen LogP contribution in [0.3, 0.4) is 0 Å². The predicted octanol–water partition coefficient (Wildman–Crippen LogP) is 2.57. The molecule has 0 bridgehead atoms. The van der Waals surface area contributed by atoms with Crippen LogP contribution in [-0.2, 0) is 10.0 Å². The van der Waals surface area contributed by atoms with E-state index in [2.05, 4.69) is 4.72 Å². The lowest BCUT2D eigenvalue weighted by atomic mass is 10.1. The monoisotopic (exact) mass is 282 g/mol. The summed E-state index contributed by atoms with van der Waals surface area (Å²) >= 11 is 1.18. The van der Waals surface area contributed by atoms with Crippen LogP contribution in [0.15, 0.2) is 46.0 Å². The van der Waals surface area contributed by atoms with E-state index in [0.717, 1.165) is 5.56 Å². The number of thiophene rings is 1. The molecule has 4 nitrogen and oxygen atoms in total. The Bertz CT molecular complexity index is 619. The highest BCUT2D eigenvalue weighted by Gasteiger charge is 2.17. The number of sulfonamides is 1. The van der Waals surface area contributed by atoms with Gasteiger partial charge in [-0.3, -0.25) is 4.72 Å². The van der Waals surface area contributed by atoms with Crippen molar-refractivity contribution < 1.29 is 8.42 Å². The second kappa shape index (κ2) is 5.09. The van der Waals surface area contributed by atoms with Crippen molar-refractivity contribution in [1.82, 2.24) is 0 Å². The number of nitrogens with two attached hydrogens (primary N) is 1. The summed E-state index contributed by atoms with van der Waals surface area (Å²) in [5, 5.41) is 1.73. The Morgan fingerprint density at radius 1 is 1.22 bits per heavy atom. The highest BCUT2D eigenvalue weighted by molar-refractivity contribution is 7.94. The van der Waals surface area contributed by atoms with E-state index in [4.69, 9.17) is 5.73 Å². The van der Waals surface area contributed by atoms with Gasteiger partial charge in [-0.25, -0.2) is 8.42 Å². The van der Waals surface area contributed by atoms with E-state index in [-0.39, 0.29) is 6.04 Å². The molecule has 0 saturated carbocycles. The van der Waals surface area contributed by atoms with Gasteiger partial charge in [0, 0.05) is 6.04 Å². The summed E-state index contributed by atoms with van der Waals surface area (Å²) in [6.07, 6.45) is 0. The molecule has 1 aromatic carbocycles. The van der Waals surface area contributed by atoms with E-state index >= 15 is 0 Å². The summed E-state index contributed by atoms with van der Waals surface area (Å²) in [6, 6.07) is 10.2. The molecular weight excluding hydrogens is 268 g/mol. The first kappa shape index (κ1) is 13.1. The smallest absolute Gasteiger partial charge is 0.271 e. The zero-order valence-corrected chi connectivity index (χ0v) is 11.5. The van der Waals surface area contributed by atoms with Crippen LogP contribution in [0.1, 0.15) is 18.5 Å². The zero-order chi connectivity index (χ0) is 13.2. The van der Waals surface area contributed by atoms with Crippen molar-refractivity contribution in [2.45, 2.75) is 17.2 Å². The molecule has 0 radical (unpaired) electrons. The van der Waals surface area contributed by atoms with E-state index in [9.17, 15) is 8.42 Å². The van der Waals surface area contributed by atoms with E-state index in [1.165, 1.54) is 11.3 Å². The minimum absolute atomic E-state index is 0.229. The molecule has 96 valence electrons. The van der Waals surface area contributed by atoms with E-state index < -0.39 is 10.0 Å². The molecule has 0 saturated heterocycles. The first-order valence-corrected chi connectivity index (χ1v) is 7.78. The third-order valence-electron chi connectivity index (χ3n) is 2.46. The average Bonchev–Trinajstić information content (AvgIpc) is 2.83. The summed E-state index contributed by atoms with van der Waals surface area (Å²) in [4.78, 5) is 0. The van der Waals surface area contributed by atoms with E-state index in [0.29, 0.717) is 9.90 Å². The average molecular weight is 282 g/mol. The van der Waals surface area contributed by atoms with Crippen LogP contribution in [-0.4, -0.2) is 8.42 Å². The molecule has 1 heterocycles. The fourth-order valence-electron chi connectivity index (χ4n) is 1.60. The maximum Gasteiger partial charge on any atom is 0.271 e. The molecule has 0 spiro atoms. The molecule has 1 unspecified atom stereocenters. The van der Waals surface area contributed by atoms with Gasteiger partial charge in [-0.1, -0.05) is 24.3 Å². The van der Waals surface area contributed by atoms with Gasteiger partial charge in [-0.15, -0.1) is 11.3 Å². The highest BCUT2D eigenvalue weighted by atomic mass is 32.2. The lowest BCUT2D eigenvalue weighted by Gasteiger charge is -2.13. The summed E-state index contributed by atoms with van der Waals surface area (Å²) < 4.78 is 27.1. The SMILES string of the molecule is CC(N)c1ccccc1NS(=O)(=O)c1cccs1. The quantitative estimate of drug-likeness (QED) is 0.905. The molecule has 0 fully saturated rings. The third-order valence-corrected chi connectivity index (χ3v) is 5.22. The number of para-hydroxylation sites is 1. The van der Waals surface area contributed by atoms with Crippen LogP contribution < -0.4 is 10.5 Å². The first-order chi connectivity index (χ1) is 8.50. The van der Waals surface area contributed by atoms with E-state index in [1.54, 1.807) is 29.6 Å². The fraction of sp³-hybridized carbons (Fsp3) is 0.167. The van der Waals surface area contributed by atoms with Crippen molar-refractivity contribution in [2.75, 3.05) is 4.72 Å². The minimum Gasteiger partial charge on any atom is -0.324 e. The summed E-state index contributed by atoms with van der Waals surface area (Å²) in [5.74, 6) is 0. The van der Waals surface area contributed by atoms with Crippen molar-refractivity contribution in [3.63, 3.8) is 0 Å². The Kier molecular flexibility index (Phi) is 3.70. The molecule has 2 aromatic rings.